The van der Waals surface area contributed by atoms with Crippen LogP contribution in [0.4, 0.5) is 0 Å². The topological polar surface area (TPSA) is 56.9 Å². The molecule has 2 rings (SSSR count). The molecule has 0 aliphatic carbocycles. The third-order valence-electron chi connectivity index (χ3n) is 3.38. The third-order valence-corrected chi connectivity index (χ3v) is 3.59. The maximum atomic E-state index is 12.1. The van der Waals surface area contributed by atoms with E-state index in [9.17, 15) is 9.90 Å². The molecule has 1 aromatic heterocycles. The number of halogens is 1. The second-order valence-corrected chi connectivity index (χ2v) is 5.13. The van der Waals surface area contributed by atoms with Crippen LogP contribution in [0.3, 0.4) is 0 Å². The van der Waals surface area contributed by atoms with Crippen LogP contribution in [0.5, 0.6) is 0 Å². The number of amides is 1. The first-order chi connectivity index (χ1) is 9.10. The van der Waals surface area contributed by atoms with Gasteiger partial charge in [0, 0.05) is 32.7 Å². The molecule has 106 valence electrons. The van der Waals surface area contributed by atoms with Crippen LogP contribution in [0.25, 0.3) is 0 Å². The summed E-state index contributed by atoms with van der Waals surface area (Å²) in [5.41, 5.74) is 0. The molecule has 0 radical (unpaired) electrons. The van der Waals surface area contributed by atoms with E-state index in [1.54, 1.807) is 17.0 Å². The Bertz CT molecular complexity index is 427. The summed E-state index contributed by atoms with van der Waals surface area (Å²) in [4.78, 5) is 16.0. The number of hydrogen-bond donors (Lipinski definition) is 1. The van der Waals surface area contributed by atoms with E-state index in [4.69, 9.17) is 16.0 Å². The van der Waals surface area contributed by atoms with Gasteiger partial charge in [0.05, 0.1) is 6.10 Å². The van der Waals surface area contributed by atoms with Crippen LogP contribution in [-0.2, 0) is 0 Å². The van der Waals surface area contributed by atoms with Crippen molar-refractivity contribution in [2.75, 3.05) is 32.7 Å². The predicted octanol–water partition coefficient (Wildman–Crippen LogP) is 1.46. The Morgan fingerprint density at radius 1 is 1.42 bits per heavy atom. The van der Waals surface area contributed by atoms with Gasteiger partial charge in [-0.15, -0.1) is 0 Å². The first kappa shape index (κ1) is 14.4. The van der Waals surface area contributed by atoms with Crippen molar-refractivity contribution >= 4 is 17.5 Å². The lowest BCUT2D eigenvalue weighted by Crippen LogP contribution is -2.50. The molecule has 1 aliphatic heterocycles. The highest BCUT2D eigenvalue weighted by Crippen LogP contribution is 2.16. The summed E-state index contributed by atoms with van der Waals surface area (Å²) >= 11 is 5.67. The number of hydrogen-bond acceptors (Lipinski definition) is 4. The highest BCUT2D eigenvalue weighted by molar-refractivity contribution is 6.29. The highest BCUT2D eigenvalue weighted by Gasteiger charge is 2.24. The van der Waals surface area contributed by atoms with Crippen LogP contribution in [-0.4, -0.2) is 59.6 Å². The van der Waals surface area contributed by atoms with Crippen molar-refractivity contribution in [3.8, 4) is 0 Å². The predicted molar refractivity (Wildman–Crippen MR) is 72.4 cm³/mol. The maximum Gasteiger partial charge on any atom is 0.289 e. The fourth-order valence-electron chi connectivity index (χ4n) is 2.15. The SMILES string of the molecule is CC[C@@H](O)CN1CCN(C(=O)c2ccc(Cl)o2)CC1. The van der Waals surface area contributed by atoms with E-state index in [-0.39, 0.29) is 23.0 Å². The number of rotatable bonds is 4. The zero-order chi connectivity index (χ0) is 13.8. The Labute approximate surface area is 117 Å². The van der Waals surface area contributed by atoms with Gasteiger partial charge in [0.25, 0.3) is 5.91 Å². The van der Waals surface area contributed by atoms with Crippen LogP contribution in [0.1, 0.15) is 23.9 Å². The zero-order valence-corrected chi connectivity index (χ0v) is 11.8. The number of carbonyl (C=O) groups is 1. The lowest BCUT2D eigenvalue weighted by Gasteiger charge is -2.35. The Morgan fingerprint density at radius 2 is 2.11 bits per heavy atom. The second kappa shape index (κ2) is 6.41. The van der Waals surface area contributed by atoms with E-state index in [0.29, 0.717) is 19.6 Å². The summed E-state index contributed by atoms with van der Waals surface area (Å²) in [5, 5.41) is 9.84. The lowest BCUT2D eigenvalue weighted by atomic mass is 10.2. The van der Waals surface area contributed by atoms with Crippen molar-refractivity contribution in [3.63, 3.8) is 0 Å². The number of β-amino-alcohol motifs (C(OH)–C–C–N with tert-alkyl or cyclic N) is 1. The summed E-state index contributed by atoms with van der Waals surface area (Å²) in [6, 6.07) is 3.17. The molecule has 0 saturated carbocycles. The van der Waals surface area contributed by atoms with Crippen molar-refractivity contribution in [2.24, 2.45) is 0 Å². The molecule has 1 aliphatic rings. The molecule has 6 heteroatoms. The van der Waals surface area contributed by atoms with E-state index in [2.05, 4.69) is 4.90 Å². The van der Waals surface area contributed by atoms with Crippen molar-refractivity contribution in [1.82, 2.24) is 9.80 Å². The number of furan rings is 1. The van der Waals surface area contributed by atoms with Gasteiger partial charge < -0.3 is 14.4 Å². The molecule has 1 aromatic rings. The summed E-state index contributed by atoms with van der Waals surface area (Å²) in [6.45, 7) is 5.48. The third kappa shape index (κ3) is 3.72. The van der Waals surface area contributed by atoms with E-state index < -0.39 is 0 Å². The van der Waals surface area contributed by atoms with E-state index in [0.717, 1.165) is 19.5 Å². The fourth-order valence-corrected chi connectivity index (χ4v) is 2.29. The Morgan fingerprint density at radius 3 is 2.63 bits per heavy atom. The monoisotopic (exact) mass is 286 g/mol. The highest BCUT2D eigenvalue weighted by atomic mass is 35.5. The molecule has 0 aromatic carbocycles. The van der Waals surface area contributed by atoms with Crippen LogP contribution >= 0.6 is 11.6 Å². The average molecular weight is 287 g/mol. The molecule has 1 amide bonds. The van der Waals surface area contributed by atoms with Gasteiger partial charge in [0.2, 0.25) is 0 Å². The Balaban J connectivity index is 1.84. The van der Waals surface area contributed by atoms with Gasteiger partial charge in [-0.3, -0.25) is 9.69 Å². The minimum Gasteiger partial charge on any atom is -0.440 e. The molecule has 1 saturated heterocycles. The molecule has 0 spiro atoms. The minimum absolute atomic E-state index is 0.123. The minimum atomic E-state index is -0.286. The standard InChI is InChI=1S/C13H19ClN2O3/c1-2-10(17)9-15-5-7-16(8-6-15)13(18)11-3-4-12(14)19-11/h3-4,10,17H,2,5-9H2,1H3/t10-/m1/s1. The molecule has 1 fully saturated rings. The molecule has 1 atom stereocenters. The van der Waals surface area contributed by atoms with Gasteiger partial charge in [-0.2, -0.15) is 0 Å². The molecule has 0 bridgehead atoms. The fraction of sp³-hybridized carbons (Fsp3) is 0.615. The van der Waals surface area contributed by atoms with Gasteiger partial charge in [0.1, 0.15) is 0 Å². The Kier molecular flexibility index (Phi) is 4.85. The quantitative estimate of drug-likeness (QED) is 0.910. The summed E-state index contributed by atoms with van der Waals surface area (Å²) < 4.78 is 5.13. The molecule has 1 N–H and O–H groups in total. The first-order valence-corrected chi connectivity index (χ1v) is 6.93. The Hall–Kier alpha value is -1.04. The summed E-state index contributed by atoms with van der Waals surface area (Å²) in [7, 11) is 0. The molecule has 19 heavy (non-hydrogen) atoms. The number of piperazine rings is 1. The van der Waals surface area contributed by atoms with E-state index in [1.165, 1.54) is 0 Å². The second-order valence-electron chi connectivity index (χ2n) is 4.76. The van der Waals surface area contributed by atoms with Gasteiger partial charge in [-0.1, -0.05) is 6.92 Å². The van der Waals surface area contributed by atoms with Gasteiger partial charge in [-0.25, -0.2) is 0 Å². The lowest BCUT2D eigenvalue weighted by molar-refractivity contribution is 0.0500. The summed E-state index contributed by atoms with van der Waals surface area (Å²) in [6.07, 6.45) is 0.468. The molecule has 5 nitrogen and oxygen atoms in total. The largest absolute Gasteiger partial charge is 0.440 e. The molecular formula is C13H19ClN2O3. The van der Waals surface area contributed by atoms with Crippen LogP contribution < -0.4 is 0 Å². The molecule has 2 heterocycles. The van der Waals surface area contributed by atoms with Crippen molar-refractivity contribution < 1.29 is 14.3 Å². The maximum absolute atomic E-state index is 12.1. The van der Waals surface area contributed by atoms with Crippen LogP contribution in [0.2, 0.25) is 5.22 Å². The smallest absolute Gasteiger partial charge is 0.289 e. The number of aliphatic hydroxyl groups excluding tert-OH is 1. The van der Waals surface area contributed by atoms with Crippen LogP contribution in [0, 0.1) is 0 Å². The zero-order valence-electron chi connectivity index (χ0n) is 11.0. The number of aliphatic hydroxyl groups is 1. The van der Waals surface area contributed by atoms with Crippen molar-refractivity contribution in [2.45, 2.75) is 19.4 Å². The van der Waals surface area contributed by atoms with Gasteiger partial charge >= 0.3 is 0 Å². The van der Waals surface area contributed by atoms with Gasteiger partial charge in [-0.05, 0) is 30.2 Å². The van der Waals surface area contributed by atoms with Crippen molar-refractivity contribution in [3.05, 3.63) is 23.1 Å². The van der Waals surface area contributed by atoms with Gasteiger partial charge in [0.15, 0.2) is 11.0 Å². The van der Waals surface area contributed by atoms with Crippen LogP contribution in [0.15, 0.2) is 16.5 Å². The van der Waals surface area contributed by atoms with Crippen molar-refractivity contribution in [1.29, 1.82) is 0 Å². The summed E-state index contributed by atoms with van der Waals surface area (Å²) in [5.74, 6) is 0.162. The van der Waals surface area contributed by atoms with E-state index >= 15 is 0 Å². The molecular weight excluding hydrogens is 268 g/mol. The molecule has 0 unspecified atom stereocenters. The first-order valence-electron chi connectivity index (χ1n) is 6.55. The normalized spacial score (nSPS) is 18.6. The van der Waals surface area contributed by atoms with E-state index in [1.807, 2.05) is 6.92 Å². The average Bonchev–Trinajstić information content (AvgIpc) is 2.85. The number of carbonyl (C=O) groups excluding carboxylic acids is 1. The number of nitrogens with zero attached hydrogens (tertiary/aromatic N) is 2.